The maximum Gasteiger partial charge on any atom is 0.232 e. The molecule has 1 N–H and O–H groups in total. The zero-order valence-corrected chi connectivity index (χ0v) is 16.2. The Balaban J connectivity index is 1.99. The molecule has 1 aromatic carbocycles. The predicted octanol–water partition coefficient (Wildman–Crippen LogP) is 4.33. The standard InChI is InChI=1S/C22H26N2O3/c1-4-10-24(11-5-2)14-17-18(25)12-15(3)20-21(26)19(27-22(17)20)13-16-6-8-23-9-7-16/h6-9,12-13,25H,4-5,10-11,14H2,1-3H3/b19-13+. The van der Waals surface area contributed by atoms with Crippen LogP contribution in [-0.2, 0) is 6.54 Å². The van der Waals surface area contributed by atoms with Gasteiger partial charge in [-0.1, -0.05) is 13.8 Å². The van der Waals surface area contributed by atoms with Gasteiger partial charge in [0.2, 0.25) is 5.78 Å². The monoisotopic (exact) mass is 366 g/mol. The third kappa shape index (κ3) is 4.03. The van der Waals surface area contributed by atoms with E-state index in [4.69, 9.17) is 4.74 Å². The lowest BCUT2D eigenvalue weighted by molar-refractivity contribution is 0.101. The van der Waals surface area contributed by atoms with Gasteiger partial charge in [-0.15, -0.1) is 0 Å². The Labute approximate surface area is 160 Å². The highest BCUT2D eigenvalue weighted by Crippen LogP contribution is 2.42. The molecule has 0 atom stereocenters. The van der Waals surface area contributed by atoms with E-state index < -0.39 is 0 Å². The molecule has 0 saturated heterocycles. The van der Waals surface area contributed by atoms with E-state index in [1.54, 1.807) is 24.5 Å². The predicted molar refractivity (Wildman–Crippen MR) is 106 cm³/mol. The normalized spacial score (nSPS) is 14.7. The second-order valence-corrected chi connectivity index (χ2v) is 6.89. The molecule has 0 unspecified atom stereocenters. The molecule has 1 aliphatic rings. The first-order valence-electron chi connectivity index (χ1n) is 9.47. The van der Waals surface area contributed by atoms with Gasteiger partial charge in [-0.3, -0.25) is 14.7 Å². The molecular weight excluding hydrogens is 340 g/mol. The molecule has 2 aromatic rings. The minimum absolute atomic E-state index is 0.141. The number of allylic oxidation sites excluding steroid dienone is 1. The first-order valence-corrected chi connectivity index (χ1v) is 9.47. The average Bonchev–Trinajstić information content (AvgIpc) is 2.96. The Kier molecular flexibility index (Phi) is 5.91. The van der Waals surface area contributed by atoms with Crippen molar-refractivity contribution in [1.82, 2.24) is 9.88 Å². The van der Waals surface area contributed by atoms with Crippen LogP contribution in [0.25, 0.3) is 6.08 Å². The van der Waals surface area contributed by atoms with Crippen molar-refractivity contribution in [3.63, 3.8) is 0 Å². The summed E-state index contributed by atoms with van der Waals surface area (Å²) in [5.74, 6) is 0.818. The van der Waals surface area contributed by atoms with Crippen LogP contribution in [0.5, 0.6) is 11.5 Å². The smallest absolute Gasteiger partial charge is 0.232 e. The highest BCUT2D eigenvalue weighted by molar-refractivity contribution is 6.15. The van der Waals surface area contributed by atoms with Crippen molar-refractivity contribution < 1.29 is 14.6 Å². The third-order valence-electron chi connectivity index (χ3n) is 4.69. The van der Waals surface area contributed by atoms with Gasteiger partial charge in [0, 0.05) is 18.9 Å². The van der Waals surface area contributed by atoms with Crippen molar-refractivity contribution in [1.29, 1.82) is 0 Å². The number of hydrogen-bond donors (Lipinski definition) is 1. The van der Waals surface area contributed by atoms with E-state index in [-0.39, 0.29) is 17.3 Å². The van der Waals surface area contributed by atoms with Gasteiger partial charge < -0.3 is 9.84 Å². The number of Topliss-reactive ketones (excluding diaryl/α,β-unsaturated/α-hetero) is 1. The minimum Gasteiger partial charge on any atom is -0.507 e. The zero-order chi connectivity index (χ0) is 19.4. The molecule has 0 amide bonds. The van der Waals surface area contributed by atoms with Crippen molar-refractivity contribution in [3.8, 4) is 11.5 Å². The van der Waals surface area contributed by atoms with Crippen molar-refractivity contribution in [3.05, 3.63) is 58.6 Å². The molecule has 0 saturated carbocycles. The van der Waals surface area contributed by atoms with E-state index >= 15 is 0 Å². The van der Waals surface area contributed by atoms with Crippen LogP contribution in [0.2, 0.25) is 0 Å². The number of aromatic nitrogens is 1. The highest BCUT2D eigenvalue weighted by Gasteiger charge is 2.33. The number of phenols is 1. The number of ether oxygens (including phenoxy) is 1. The summed E-state index contributed by atoms with van der Waals surface area (Å²) in [6.07, 6.45) is 7.13. The quantitative estimate of drug-likeness (QED) is 0.739. The maximum atomic E-state index is 12.9. The van der Waals surface area contributed by atoms with Crippen molar-refractivity contribution in [2.45, 2.75) is 40.2 Å². The molecule has 0 spiro atoms. The fourth-order valence-electron chi connectivity index (χ4n) is 3.47. The van der Waals surface area contributed by atoms with Gasteiger partial charge in [0.15, 0.2) is 5.76 Å². The van der Waals surface area contributed by atoms with E-state index in [1.807, 2.05) is 19.1 Å². The Morgan fingerprint density at radius 1 is 1.19 bits per heavy atom. The lowest BCUT2D eigenvalue weighted by Crippen LogP contribution is -2.25. The van der Waals surface area contributed by atoms with Crippen molar-refractivity contribution in [2.75, 3.05) is 13.1 Å². The largest absolute Gasteiger partial charge is 0.507 e. The molecule has 142 valence electrons. The summed E-state index contributed by atoms with van der Waals surface area (Å²) < 4.78 is 5.98. The second kappa shape index (κ2) is 8.35. The number of nitrogens with zero attached hydrogens (tertiary/aromatic N) is 2. The number of hydrogen-bond acceptors (Lipinski definition) is 5. The Bertz CT molecular complexity index is 854. The topological polar surface area (TPSA) is 62.7 Å². The van der Waals surface area contributed by atoms with Gasteiger partial charge in [-0.2, -0.15) is 0 Å². The molecule has 0 aliphatic carbocycles. The molecule has 0 bridgehead atoms. The van der Waals surface area contributed by atoms with Crippen LogP contribution in [0.4, 0.5) is 0 Å². The van der Waals surface area contributed by atoms with Crippen LogP contribution < -0.4 is 4.74 Å². The molecule has 0 fully saturated rings. The van der Waals surface area contributed by atoms with Gasteiger partial charge in [-0.05, 0) is 68.3 Å². The van der Waals surface area contributed by atoms with E-state index in [1.165, 1.54) is 0 Å². The number of carbonyl (C=O) groups is 1. The summed E-state index contributed by atoms with van der Waals surface area (Å²) >= 11 is 0. The second-order valence-electron chi connectivity index (χ2n) is 6.89. The van der Waals surface area contributed by atoms with E-state index in [9.17, 15) is 9.90 Å². The van der Waals surface area contributed by atoms with Gasteiger partial charge in [-0.25, -0.2) is 0 Å². The van der Waals surface area contributed by atoms with Gasteiger partial charge in [0.25, 0.3) is 0 Å². The zero-order valence-electron chi connectivity index (χ0n) is 16.2. The van der Waals surface area contributed by atoms with Crippen LogP contribution >= 0.6 is 0 Å². The van der Waals surface area contributed by atoms with Crippen LogP contribution in [0.1, 0.15) is 53.7 Å². The number of pyridine rings is 1. The summed E-state index contributed by atoms with van der Waals surface area (Å²) in [6.45, 7) is 8.53. The number of ketones is 1. The molecule has 27 heavy (non-hydrogen) atoms. The lowest BCUT2D eigenvalue weighted by atomic mass is 9.99. The fourth-order valence-corrected chi connectivity index (χ4v) is 3.47. The molecule has 3 rings (SSSR count). The fraction of sp³-hybridized carbons (Fsp3) is 0.364. The van der Waals surface area contributed by atoms with Crippen LogP contribution in [0.3, 0.4) is 0 Å². The first-order chi connectivity index (χ1) is 13.0. The number of rotatable bonds is 7. The Hall–Kier alpha value is -2.66. The maximum absolute atomic E-state index is 12.9. The molecular formula is C22H26N2O3. The van der Waals surface area contributed by atoms with Crippen LogP contribution in [-0.4, -0.2) is 33.9 Å². The molecule has 1 aliphatic heterocycles. The summed E-state index contributed by atoms with van der Waals surface area (Å²) in [4.78, 5) is 19.2. The molecule has 5 nitrogen and oxygen atoms in total. The van der Waals surface area contributed by atoms with E-state index in [2.05, 4.69) is 23.7 Å². The summed E-state index contributed by atoms with van der Waals surface area (Å²) in [5.41, 5.74) is 2.81. The summed E-state index contributed by atoms with van der Waals surface area (Å²) in [7, 11) is 0. The molecule has 2 heterocycles. The molecule has 1 aromatic heterocycles. The Morgan fingerprint density at radius 3 is 2.48 bits per heavy atom. The number of fused-ring (bicyclic) bond motifs is 1. The Morgan fingerprint density at radius 2 is 1.85 bits per heavy atom. The SMILES string of the molecule is CCCN(CCC)Cc1c(O)cc(C)c2c1O/C(=C/c1ccncc1)C2=O. The van der Waals surface area contributed by atoms with Gasteiger partial charge in [0.1, 0.15) is 11.5 Å². The summed E-state index contributed by atoms with van der Waals surface area (Å²) in [6, 6.07) is 5.31. The first kappa shape index (κ1) is 19.1. The number of phenolic OH excluding ortho intramolecular Hbond substituents is 1. The molecule has 5 heteroatoms. The molecule has 0 radical (unpaired) electrons. The van der Waals surface area contributed by atoms with Gasteiger partial charge in [0.05, 0.1) is 11.1 Å². The van der Waals surface area contributed by atoms with Gasteiger partial charge >= 0.3 is 0 Å². The van der Waals surface area contributed by atoms with Crippen molar-refractivity contribution >= 4 is 11.9 Å². The number of benzene rings is 1. The summed E-state index contributed by atoms with van der Waals surface area (Å²) in [5, 5.41) is 10.6. The minimum atomic E-state index is -0.141. The van der Waals surface area contributed by atoms with E-state index in [0.29, 0.717) is 23.4 Å². The number of aryl methyl sites for hydroxylation is 1. The number of carbonyl (C=O) groups excluding carboxylic acids is 1. The van der Waals surface area contributed by atoms with Crippen molar-refractivity contribution in [2.24, 2.45) is 0 Å². The lowest BCUT2D eigenvalue weighted by Gasteiger charge is -2.22. The van der Waals surface area contributed by atoms with Crippen LogP contribution in [0, 0.1) is 6.92 Å². The van der Waals surface area contributed by atoms with E-state index in [0.717, 1.165) is 37.1 Å². The van der Waals surface area contributed by atoms with Crippen LogP contribution in [0.15, 0.2) is 36.4 Å². The third-order valence-corrected chi connectivity index (χ3v) is 4.69. The number of aromatic hydroxyl groups is 1. The average molecular weight is 366 g/mol. The highest BCUT2D eigenvalue weighted by atomic mass is 16.5.